The van der Waals surface area contributed by atoms with E-state index in [1.165, 1.54) is 5.56 Å². The van der Waals surface area contributed by atoms with E-state index in [2.05, 4.69) is 38.9 Å². The maximum Gasteiger partial charge on any atom is 0.0885 e. The molecule has 0 aliphatic rings. The lowest BCUT2D eigenvalue weighted by atomic mass is 10.2. The quantitative estimate of drug-likeness (QED) is 0.733. The van der Waals surface area contributed by atoms with Gasteiger partial charge in [0.2, 0.25) is 0 Å². The van der Waals surface area contributed by atoms with Crippen LogP contribution in [0.15, 0.2) is 16.7 Å². The maximum absolute atomic E-state index is 4.28. The minimum Gasteiger partial charge on any atom is -0.357 e. The Morgan fingerprint density at radius 3 is 2.92 bits per heavy atom. The SMILES string of the molecule is Cc1cc2ncc(Br)c(C)c2[nH]1. The van der Waals surface area contributed by atoms with E-state index in [1.54, 1.807) is 0 Å². The third kappa shape index (κ3) is 1.05. The topological polar surface area (TPSA) is 28.7 Å². The average molecular weight is 225 g/mol. The number of halogens is 1. The first kappa shape index (κ1) is 7.80. The van der Waals surface area contributed by atoms with Gasteiger partial charge < -0.3 is 4.98 Å². The molecule has 0 aromatic carbocycles. The zero-order valence-electron chi connectivity index (χ0n) is 6.98. The Kier molecular flexibility index (Phi) is 1.68. The van der Waals surface area contributed by atoms with E-state index in [-0.39, 0.29) is 0 Å². The lowest BCUT2D eigenvalue weighted by Crippen LogP contribution is -1.81. The first-order valence-corrected chi connectivity index (χ1v) is 4.58. The van der Waals surface area contributed by atoms with Crippen molar-refractivity contribution < 1.29 is 0 Å². The summed E-state index contributed by atoms with van der Waals surface area (Å²) in [7, 11) is 0. The van der Waals surface area contributed by atoms with Crippen molar-refractivity contribution in [2.45, 2.75) is 13.8 Å². The average Bonchev–Trinajstić information content (AvgIpc) is 2.39. The van der Waals surface area contributed by atoms with Crippen molar-refractivity contribution in [3.8, 4) is 0 Å². The van der Waals surface area contributed by atoms with Crippen LogP contribution >= 0.6 is 15.9 Å². The van der Waals surface area contributed by atoms with Gasteiger partial charge in [-0.25, -0.2) is 0 Å². The molecule has 1 N–H and O–H groups in total. The van der Waals surface area contributed by atoms with E-state index in [9.17, 15) is 0 Å². The molecule has 2 aromatic rings. The Morgan fingerprint density at radius 2 is 2.17 bits per heavy atom. The molecule has 2 rings (SSSR count). The van der Waals surface area contributed by atoms with Crippen molar-refractivity contribution in [1.82, 2.24) is 9.97 Å². The standard InChI is InChI=1S/C9H9BrN2/c1-5-3-8-9(12-5)6(2)7(10)4-11-8/h3-4,12H,1-2H3. The van der Waals surface area contributed by atoms with Crippen LogP contribution in [0.5, 0.6) is 0 Å². The van der Waals surface area contributed by atoms with Gasteiger partial charge in [0.1, 0.15) is 0 Å². The first-order chi connectivity index (χ1) is 5.68. The van der Waals surface area contributed by atoms with Crippen molar-refractivity contribution in [2.24, 2.45) is 0 Å². The van der Waals surface area contributed by atoms with E-state index in [0.29, 0.717) is 0 Å². The largest absolute Gasteiger partial charge is 0.357 e. The Bertz CT molecular complexity index is 431. The van der Waals surface area contributed by atoms with Gasteiger partial charge in [-0.15, -0.1) is 0 Å². The fourth-order valence-electron chi connectivity index (χ4n) is 1.30. The van der Waals surface area contributed by atoms with Crippen LogP contribution in [0.25, 0.3) is 11.0 Å². The van der Waals surface area contributed by atoms with Crippen LogP contribution in [0.1, 0.15) is 11.3 Å². The fourth-order valence-corrected chi connectivity index (χ4v) is 1.61. The zero-order chi connectivity index (χ0) is 8.72. The van der Waals surface area contributed by atoms with Crippen LogP contribution in [-0.2, 0) is 0 Å². The van der Waals surface area contributed by atoms with Gasteiger partial charge in [0, 0.05) is 16.4 Å². The highest BCUT2D eigenvalue weighted by atomic mass is 79.9. The fraction of sp³-hybridized carbons (Fsp3) is 0.222. The van der Waals surface area contributed by atoms with E-state index >= 15 is 0 Å². The summed E-state index contributed by atoms with van der Waals surface area (Å²) in [5.41, 5.74) is 4.53. The molecule has 2 heterocycles. The second-order valence-electron chi connectivity index (χ2n) is 2.94. The molecule has 0 amide bonds. The Labute approximate surface area is 79.1 Å². The van der Waals surface area contributed by atoms with Gasteiger partial charge in [-0.3, -0.25) is 4.98 Å². The number of aryl methyl sites for hydroxylation is 2. The zero-order valence-corrected chi connectivity index (χ0v) is 8.57. The molecule has 2 nitrogen and oxygen atoms in total. The van der Waals surface area contributed by atoms with Crippen molar-refractivity contribution in [1.29, 1.82) is 0 Å². The van der Waals surface area contributed by atoms with Crippen LogP contribution in [0.3, 0.4) is 0 Å². The van der Waals surface area contributed by atoms with Crippen molar-refractivity contribution in [3.63, 3.8) is 0 Å². The Balaban J connectivity index is 2.89. The van der Waals surface area contributed by atoms with E-state index < -0.39 is 0 Å². The Hall–Kier alpha value is -0.830. The number of fused-ring (bicyclic) bond motifs is 1. The van der Waals surface area contributed by atoms with Crippen molar-refractivity contribution >= 4 is 27.0 Å². The molecular formula is C9H9BrN2. The summed E-state index contributed by atoms with van der Waals surface area (Å²) in [5, 5.41) is 0. The number of pyridine rings is 1. The highest BCUT2D eigenvalue weighted by molar-refractivity contribution is 9.10. The van der Waals surface area contributed by atoms with Crippen LogP contribution in [0.4, 0.5) is 0 Å². The first-order valence-electron chi connectivity index (χ1n) is 3.79. The van der Waals surface area contributed by atoms with Gasteiger partial charge in [-0.2, -0.15) is 0 Å². The Morgan fingerprint density at radius 1 is 1.42 bits per heavy atom. The minimum atomic E-state index is 1.04. The number of aromatic amines is 1. The van der Waals surface area contributed by atoms with E-state index in [1.807, 2.05) is 13.1 Å². The molecule has 0 spiro atoms. The summed E-state index contributed by atoms with van der Waals surface area (Å²) in [6.07, 6.45) is 1.84. The third-order valence-corrected chi connectivity index (χ3v) is 2.78. The molecule has 0 bridgehead atoms. The predicted octanol–water partition coefficient (Wildman–Crippen LogP) is 2.94. The van der Waals surface area contributed by atoms with Crippen LogP contribution < -0.4 is 0 Å². The van der Waals surface area contributed by atoms with E-state index in [0.717, 1.165) is 21.2 Å². The highest BCUT2D eigenvalue weighted by Gasteiger charge is 2.04. The summed E-state index contributed by atoms with van der Waals surface area (Å²) >= 11 is 3.44. The summed E-state index contributed by atoms with van der Waals surface area (Å²) in [4.78, 5) is 7.56. The van der Waals surface area contributed by atoms with Gasteiger partial charge in [-0.05, 0) is 41.4 Å². The normalized spacial score (nSPS) is 10.9. The van der Waals surface area contributed by atoms with Gasteiger partial charge in [-0.1, -0.05) is 0 Å². The number of nitrogens with zero attached hydrogens (tertiary/aromatic N) is 1. The lowest BCUT2D eigenvalue weighted by Gasteiger charge is -1.97. The molecule has 0 aliphatic carbocycles. The van der Waals surface area contributed by atoms with Gasteiger partial charge in [0.05, 0.1) is 11.0 Å². The molecule has 0 atom stereocenters. The summed E-state index contributed by atoms with van der Waals surface area (Å²) in [6.45, 7) is 4.11. The molecule has 0 saturated heterocycles. The summed E-state index contributed by atoms with van der Waals surface area (Å²) < 4.78 is 1.05. The summed E-state index contributed by atoms with van der Waals surface area (Å²) in [5.74, 6) is 0. The molecule has 0 fully saturated rings. The van der Waals surface area contributed by atoms with Crippen LogP contribution in [-0.4, -0.2) is 9.97 Å². The molecule has 0 radical (unpaired) electrons. The second-order valence-corrected chi connectivity index (χ2v) is 3.80. The number of nitrogens with one attached hydrogen (secondary N) is 1. The van der Waals surface area contributed by atoms with E-state index in [4.69, 9.17) is 0 Å². The molecule has 12 heavy (non-hydrogen) atoms. The smallest absolute Gasteiger partial charge is 0.0885 e. The number of aromatic nitrogens is 2. The van der Waals surface area contributed by atoms with Gasteiger partial charge in [0.25, 0.3) is 0 Å². The monoisotopic (exact) mass is 224 g/mol. The number of H-pyrrole nitrogens is 1. The van der Waals surface area contributed by atoms with Crippen LogP contribution in [0.2, 0.25) is 0 Å². The summed E-state index contributed by atoms with van der Waals surface area (Å²) in [6, 6.07) is 2.05. The van der Waals surface area contributed by atoms with Gasteiger partial charge in [0.15, 0.2) is 0 Å². The van der Waals surface area contributed by atoms with Crippen molar-refractivity contribution in [3.05, 3.63) is 28.0 Å². The van der Waals surface area contributed by atoms with Crippen LogP contribution in [0, 0.1) is 13.8 Å². The minimum absolute atomic E-state index is 1.04. The highest BCUT2D eigenvalue weighted by Crippen LogP contribution is 2.23. The molecule has 0 unspecified atom stereocenters. The predicted molar refractivity (Wildman–Crippen MR) is 53.3 cm³/mol. The lowest BCUT2D eigenvalue weighted by molar-refractivity contribution is 1.27. The van der Waals surface area contributed by atoms with Crippen molar-refractivity contribution in [2.75, 3.05) is 0 Å². The number of hydrogen-bond donors (Lipinski definition) is 1. The molecule has 0 aliphatic heterocycles. The third-order valence-electron chi connectivity index (χ3n) is 1.98. The molecule has 2 aromatic heterocycles. The molecule has 62 valence electrons. The number of hydrogen-bond acceptors (Lipinski definition) is 1. The maximum atomic E-state index is 4.28. The molecular weight excluding hydrogens is 216 g/mol. The van der Waals surface area contributed by atoms with Gasteiger partial charge >= 0.3 is 0 Å². The number of rotatable bonds is 0. The molecule has 0 saturated carbocycles. The molecule has 3 heteroatoms. The second kappa shape index (κ2) is 2.59.